The van der Waals surface area contributed by atoms with Crippen molar-refractivity contribution in [1.82, 2.24) is 0 Å². The smallest absolute Gasteiger partial charge is 0.0642 e. The fourth-order valence-electron chi connectivity index (χ4n) is 1.45. The largest absolute Gasteiger partial charge is 0.104 e. The molecular weight excluding hydrogens is 263 g/mol. The maximum atomic E-state index is 6.14. The Morgan fingerprint density at radius 1 is 1.12 bits per heavy atom. The molecule has 0 fully saturated rings. The second kappa shape index (κ2) is 6.40. The molecule has 1 rings (SSSR count). The molecule has 0 aliphatic rings. The third kappa shape index (κ3) is 3.32. The van der Waals surface area contributed by atoms with Crippen molar-refractivity contribution < 1.29 is 0 Å². The molecule has 0 saturated heterocycles. The van der Waals surface area contributed by atoms with E-state index in [-0.39, 0.29) is 5.92 Å². The highest BCUT2D eigenvalue weighted by Gasteiger charge is 2.15. The van der Waals surface area contributed by atoms with Crippen LogP contribution in [-0.4, -0.2) is 0 Å². The lowest BCUT2D eigenvalue weighted by Gasteiger charge is -2.13. The van der Waals surface area contributed by atoms with Crippen molar-refractivity contribution >= 4 is 34.8 Å². The third-order valence-electron chi connectivity index (χ3n) is 2.28. The van der Waals surface area contributed by atoms with Crippen molar-refractivity contribution in [3.8, 4) is 11.8 Å². The molecule has 0 heterocycles. The summed E-state index contributed by atoms with van der Waals surface area (Å²) in [5, 5.41) is 1.73. The first-order chi connectivity index (χ1) is 7.57. The van der Waals surface area contributed by atoms with Gasteiger partial charge >= 0.3 is 0 Å². The summed E-state index contributed by atoms with van der Waals surface area (Å²) in [6, 6.07) is 3.48. The van der Waals surface area contributed by atoms with E-state index in [9.17, 15) is 0 Å². The van der Waals surface area contributed by atoms with E-state index < -0.39 is 0 Å². The van der Waals surface area contributed by atoms with Gasteiger partial charge in [-0.25, -0.2) is 0 Å². The van der Waals surface area contributed by atoms with E-state index in [0.29, 0.717) is 15.1 Å². The molecule has 0 spiro atoms. The van der Waals surface area contributed by atoms with Crippen LogP contribution in [0.2, 0.25) is 15.1 Å². The Balaban J connectivity index is 2.98. The van der Waals surface area contributed by atoms with Crippen LogP contribution in [0.1, 0.15) is 38.2 Å². The van der Waals surface area contributed by atoms with E-state index in [1.807, 2.05) is 13.8 Å². The van der Waals surface area contributed by atoms with Crippen molar-refractivity contribution in [2.45, 2.75) is 32.6 Å². The third-order valence-corrected chi connectivity index (χ3v) is 3.43. The Kier molecular flexibility index (Phi) is 5.49. The fraction of sp³-hybridized carbons (Fsp3) is 0.385. The maximum absolute atomic E-state index is 6.14. The molecular formula is C13H13Cl3. The van der Waals surface area contributed by atoms with Gasteiger partial charge in [-0.15, -0.1) is 11.8 Å². The van der Waals surface area contributed by atoms with E-state index in [0.717, 1.165) is 18.4 Å². The molecule has 0 aliphatic heterocycles. The molecule has 1 aromatic carbocycles. The Morgan fingerprint density at radius 2 is 1.75 bits per heavy atom. The lowest BCUT2D eigenvalue weighted by atomic mass is 9.98. The highest BCUT2D eigenvalue weighted by Crippen LogP contribution is 2.37. The second-order valence-electron chi connectivity index (χ2n) is 3.57. The molecule has 1 unspecified atom stereocenters. The Labute approximate surface area is 112 Å². The summed E-state index contributed by atoms with van der Waals surface area (Å²) in [5.74, 6) is 6.32. The number of halogens is 3. The molecule has 0 aliphatic carbocycles. The van der Waals surface area contributed by atoms with E-state index in [2.05, 4.69) is 11.8 Å². The highest BCUT2D eigenvalue weighted by atomic mass is 35.5. The van der Waals surface area contributed by atoms with Gasteiger partial charge in [0, 0.05) is 17.9 Å². The minimum atomic E-state index is 0.192. The van der Waals surface area contributed by atoms with Crippen LogP contribution in [-0.2, 0) is 0 Å². The van der Waals surface area contributed by atoms with E-state index >= 15 is 0 Å². The molecule has 0 aromatic heterocycles. The van der Waals surface area contributed by atoms with E-state index in [1.54, 1.807) is 12.1 Å². The van der Waals surface area contributed by atoms with Crippen molar-refractivity contribution in [3.63, 3.8) is 0 Å². The van der Waals surface area contributed by atoms with Gasteiger partial charge in [-0.2, -0.15) is 0 Å². The molecule has 0 saturated carbocycles. The van der Waals surface area contributed by atoms with Crippen LogP contribution in [0, 0.1) is 11.8 Å². The standard InChI is InChI=1S/C13H13Cl3/c1-3-4-5-6-9(2)12-10(14)7-8-11(15)13(12)16/h7-9H,3,6H2,1-2H3. The van der Waals surface area contributed by atoms with Gasteiger partial charge < -0.3 is 0 Å². The summed E-state index contributed by atoms with van der Waals surface area (Å²) < 4.78 is 0. The van der Waals surface area contributed by atoms with Gasteiger partial charge in [0.25, 0.3) is 0 Å². The topological polar surface area (TPSA) is 0 Å². The molecule has 86 valence electrons. The molecule has 0 N–H and O–H groups in total. The molecule has 1 atom stereocenters. The maximum Gasteiger partial charge on any atom is 0.0642 e. The van der Waals surface area contributed by atoms with Gasteiger partial charge in [-0.05, 0) is 23.6 Å². The summed E-state index contributed by atoms with van der Waals surface area (Å²) >= 11 is 18.2. The zero-order valence-electron chi connectivity index (χ0n) is 9.28. The van der Waals surface area contributed by atoms with Gasteiger partial charge in [0.2, 0.25) is 0 Å². The van der Waals surface area contributed by atoms with Gasteiger partial charge in [0.1, 0.15) is 0 Å². The zero-order valence-corrected chi connectivity index (χ0v) is 11.5. The summed E-state index contributed by atoms with van der Waals surface area (Å²) in [4.78, 5) is 0. The van der Waals surface area contributed by atoms with Crippen LogP contribution in [0.15, 0.2) is 12.1 Å². The average molecular weight is 276 g/mol. The summed E-state index contributed by atoms with van der Waals surface area (Å²) in [7, 11) is 0. The van der Waals surface area contributed by atoms with Crippen LogP contribution in [0.4, 0.5) is 0 Å². The first-order valence-electron chi connectivity index (χ1n) is 5.17. The summed E-state index contributed by atoms with van der Waals surface area (Å²) in [6.45, 7) is 4.07. The van der Waals surface area contributed by atoms with E-state index in [1.165, 1.54) is 0 Å². The fourth-order valence-corrected chi connectivity index (χ4v) is 2.35. The molecule has 0 radical (unpaired) electrons. The SMILES string of the molecule is CCC#CCC(C)c1c(Cl)ccc(Cl)c1Cl. The minimum absolute atomic E-state index is 0.192. The van der Waals surface area contributed by atoms with E-state index in [4.69, 9.17) is 34.8 Å². The Hall–Kier alpha value is -0.350. The first-order valence-corrected chi connectivity index (χ1v) is 6.30. The Morgan fingerprint density at radius 3 is 2.38 bits per heavy atom. The van der Waals surface area contributed by atoms with Crippen LogP contribution in [0.3, 0.4) is 0 Å². The van der Waals surface area contributed by atoms with Crippen molar-refractivity contribution in [3.05, 3.63) is 32.8 Å². The predicted octanol–water partition coefficient (Wildman–Crippen LogP) is 5.55. The normalized spacial score (nSPS) is 11.8. The van der Waals surface area contributed by atoms with Crippen molar-refractivity contribution in [2.75, 3.05) is 0 Å². The van der Waals surface area contributed by atoms with Crippen LogP contribution in [0.25, 0.3) is 0 Å². The number of rotatable bonds is 2. The number of benzene rings is 1. The predicted molar refractivity (Wildman–Crippen MR) is 72.6 cm³/mol. The average Bonchev–Trinajstić information content (AvgIpc) is 2.24. The second-order valence-corrected chi connectivity index (χ2v) is 4.76. The zero-order chi connectivity index (χ0) is 12.1. The number of hydrogen-bond acceptors (Lipinski definition) is 0. The monoisotopic (exact) mass is 274 g/mol. The molecule has 3 heteroatoms. The molecule has 0 amide bonds. The number of hydrogen-bond donors (Lipinski definition) is 0. The minimum Gasteiger partial charge on any atom is -0.104 e. The Bertz CT molecular complexity index is 427. The first kappa shape index (κ1) is 13.7. The molecule has 1 aromatic rings. The quantitative estimate of drug-likeness (QED) is 0.490. The lowest BCUT2D eigenvalue weighted by Crippen LogP contribution is -1.95. The summed E-state index contributed by atoms with van der Waals surface area (Å²) in [6.07, 6.45) is 1.61. The lowest BCUT2D eigenvalue weighted by molar-refractivity contribution is 0.796. The highest BCUT2D eigenvalue weighted by molar-refractivity contribution is 6.44. The van der Waals surface area contributed by atoms with Crippen molar-refractivity contribution in [1.29, 1.82) is 0 Å². The van der Waals surface area contributed by atoms with Gasteiger partial charge in [0.15, 0.2) is 0 Å². The van der Waals surface area contributed by atoms with Crippen LogP contribution < -0.4 is 0 Å². The van der Waals surface area contributed by atoms with Crippen molar-refractivity contribution in [2.24, 2.45) is 0 Å². The van der Waals surface area contributed by atoms with Crippen LogP contribution >= 0.6 is 34.8 Å². The van der Waals surface area contributed by atoms with Gasteiger partial charge in [0.05, 0.1) is 10.0 Å². The summed E-state index contributed by atoms with van der Waals surface area (Å²) in [5.41, 5.74) is 0.890. The molecule has 16 heavy (non-hydrogen) atoms. The molecule has 0 bridgehead atoms. The molecule has 0 nitrogen and oxygen atoms in total. The van der Waals surface area contributed by atoms with Crippen LogP contribution in [0.5, 0.6) is 0 Å². The van der Waals surface area contributed by atoms with Gasteiger partial charge in [-0.1, -0.05) is 48.7 Å². The van der Waals surface area contributed by atoms with Gasteiger partial charge in [-0.3, -0.25) is 0 Å².